The largest absolute Gasteiger partial charge is 0.507 e. The number of hydrogen-bond donors (Lipinski definition) is 1. The Kier molecular flexibility index (Phi) is 8.15. The summed E-state index contributed by atoms with van der Waals surface area (Å²) in [5, 5.41) is 11.1. The van der Waals surface area contributed by atoms with Crippen LogP contribution in [0, 0.1) is 5.82 Å². The van der Waals surface area contributed by atoms with Crippen LogP contribution in [0.4, 0.5) is 4.39 Å². The quantitative estimate of drug-likeness (QED) is 0.333. The summed E-state index contributed by atoms with van der Waals surface area (Å²) in [7, 11) is 0. The van der Waals surface area contributed by atoms with Gasteiger partial charge < -0.3 is 19.5 Å². The van der Waals surface area contributed by atoms with Crippen molar-refractivity contribution in [2.45, 2.75) is 25.8 Å². The van der Waals surface area contributed by atoms with Crippen molar-refractivity contribution in [3.8, 4) is 5.75 Å². The van der Waals surface area contributed by atoms with Crippen LogP contribution >= 0.6 is 0 Å². The second kappa shape index (κ2) is 11.5. The van der Waals surface area contributed by atoms with E-state index in [1.54, 1.807) is 42.5 Å². The number of aliphatic hydroxyl groups excluding tert-OH is 1. The molecule has 8 heteroatoms. The molecule has 0 radical (unpaired) electrons. The number of nitrogens with zero attached hydrogens (tertiary/aromatic N) is 2. The first-order valence-electron chi connectivity index (χ1n) is 12.1. The highest BCUT2D eigenvalue weighted by Crippen LogP contribution is 2.40. The van der Waals surface area contributed by atoms with Crippen LogP contribution < -0.4 is 4.74 Å². The fourth-order valence-corrected chi connectivity index (χ4v) is 4.50. The number of likely N-dealkylation sites (tertiary alicyclic amines) is 1. The lowest BCUT2D eigenvalue weighted by Gasteiger charge is -2.29. The molecule has 0 spiro atoms. The number of carbonyl (C=O) groups is 2. The summed E-state index contributed by atoms with van der Waals surface area (Å²) in [6.07, 6.45) is 1.47. The number of hydrogen-bond acceptors (Lipinski definition) is 6. The summed E-state index contributed by atoms with van der Waals surface area (Å²) in [6, 6.07) is 11.7. The first kappa shape index (κ1) is 24.9. The molecule has 1 atom stereocenters. The SMILES string of the molecule is CCCOc1ccc(/C(O)=C2\C(=O)C(=O)N(CCCN3CCOCC3)[C@H]2c2ccccc2F)cc1. The molecule has 1 amide bonds. The Hall–Kier alpha value is -3.23. The van der Waals surface area contributed by atoms with Crippen molar-refractivity contribution in [2.24, 2.45) is 0 Å². The number of rotatable bonds is 9. The minimum atomic E-state index is -1.00. The van der Waals surface area contributed by atoms with Gasteiger partial charge in [-0.2, -0.15) is 0 Å². The number of amides is 1. The van der Waals surface area contributed by atoms with Gasteiger partial charge in [0.15, 0.2) is 0 Å². The first-order valence-corrected chi connectivity index (χ1v) is 12.1. The lowest BCUT2D eigenvalue weighted by molar-refractivity contribution is -0.140. The number of benzene rings is 2. The van der Waals surface area contributed by atoms with E-state index in [0.717, 1.165) is 26.1 Å². The standard InChI is InChI=1S/C27H31FN2O5/c1-2-16-35-20-10-8-19(9-11-20)25(31)23-24(21-6-3-4-7-22(21)28)30(27(33)26(23)32)13-5-12-29-14-17-34-18-15-29/h3-4,6-11,24,31H,2,5,12-18H2,1H3/b25-23+/t24-/m0/s1. The van der Waals surface area contributed by atoms with Gasteiger partial charge in [-0.1, -0.05) is 25.1 Å². The van der Waals surface area contributed by atoms with Crippen molar-refractivity contribution >= 4 is 17.4 Å². The van der Waals surface area contributed by atoms with Gasteiger partial charge in [-0.15, -0.1) is 0 Å². The molecule has 2 fully saturated rings. The van der Waals surface area contributed by atoms with Crippen molar-refractivity contribution in [3.05, 3.63) is 71.0 Å². The van der Waals surface area contributed by atoms with Gasteiger partial charge in [-0.3, -0.25) is 14.5 Å². The van der Waals surface area contributed by atoms with Crippen LogP contribution in [0.1, 0.15) is 36.9 Å². The number of Topliss-reactive ketones (excluding diaryl/α,β-unsaturated/α-hetero) is 1. The van der Waals surface area contributed by atoms with E-state index >= 15 is 0 Å². The third-order valence-electron chi connectivity index (χ3n) is 6.32. The molecule has 2 aromatic rings. The Morgan fingerprint density at radius 3 is 2.49 bits per heavy atom. The van der Waals surface area contributed by atoms with Crippen molar-refractivity contribution in [1.82, 2.24) is 9.80 Å². The maximum atomic E-state index is 14.9. The van der Waals surface area contributed by atoms with E-state index in [-0.39, 0.29) is 23.4 Å². The molecule has 2 aromatic carbocycles. The minimum Gasteiger partial charge on any atom is -0.507 e. The number of halogens is 1. The van der Waals surface area contributed by atoms with Gasteiger partial charge in [0.2, 0.25) is 0 Å². The fourth-order valence-electron chi connectivity index (χ4n) is 4.50. The highest BCUT2D eigenvalue weighted by molar-refractivity contribution is 6.46. The Bertz CT molecular complexity index is 1080. The monoisotopic (exact) mass is 482 g/mol. The Morgan fingerprint density at radius 1 is 1.09 bits per heavy atom. The van der Waals surface area contributed by atoms with E-state index in [1.807, 2.05) is 6.92 Å². The average molecular weight is 483 g/mol. The summed E-state index contributed by atoms with van der Waals surface area (Å²) < 4.78 is 25.9. The van der Waals surface area contributed by atoms with E-state index in [4.69, 9.17) is 9.47 Å². The van der Waals surface area contributed by atoms with Gasteiger partial charge in [0.05, 0.1) is 31.4 Å². The Morgan fingerprint density at radius 2 is 1.80 bits per heavy atom. The predicted molar refractivity (Wildman–Crippen MR) is 130 cm³/mol. The molecule has 186 valence electrons. The zero-order chi connectivity index (χ0) is 24.8. The summed E-state index contributed by atoms with van der Waals surface area (Å²) in [6.45, 7) is 6.53. The number of ketones is 1. The zero-order valence-electron chi connectivity index (χ0n) is 19.9. The lowest BCUT2D eigenvalue weighted by Crippen LogP contribution is -2.39. The van der Waals surface area contributed by atoms with Gasteiger partial charge in [-0.25, -0.2) is 4.39 Å². The second-order valence-electron chi connectivity index (χ2n) is 8.69. The van der Waals surface area contributed by atoms with Crippen LogP contribution in [0.25, 0.3) is 5.76 Å². The molecular formula is C27H31FN2O5. The average Bonchev–Trinajstić information content (AvgIpc) is 3.13. The number of aliphatic hydroxyl groups is 1. The molecule has 4 rings (SSSR count). The van der Waals surface area contributed by atoms with Crippen molar-refractivity contribution in [2.75, 3.05) is 46.0 Å². The van der Waals surface area contributed by atoms with Gasteiger partial charge in [0.25, 0.3) is 11.7 Å². The topological polar surface area (TPSA) is 79.3 Å². The van der Waals surface area contributed by atoms with E-state index in [9.17, 15) is 19.1 Å². The van der Waals surface area contributed by atoms with Crippen molar-refractivity contribution in [3.63, 3.8) is 0 Å². The molecule has 2 saturated heterocycles. The highest BCUT2D eigenvalue weighted by Gasteiger charge is 2.46. The van der Waals surface area contributed by atoms with Crippen LogP contribution in [0.5, 0.6) is 5.75 Å². The van der Waals surface area contributed by atoms with Crippen molar-refractivity contribution in [1.29, 1.82) is 0 Å². The smallest absolute Gasteiger partial charge is 0.295 e. The molecular weight excluding hydrogens is 451 g/mol. The van der Waals surface area contributed by atoms with Gasteiger partial charge in [0, 0.05) is 37.3 Å². The normalized spacial score (nSPS) is 20.4. The fraction of sp³-hybridized carbons (Fsp3) is 0.407. The zero-order valence-corrected chi connectivity index (χ0v) is 19.9. The molecule has 2 heterocycles. The van der Waals surface area contributed by atoms with Crippen molar-refractivity contribution < 1.29 is 28.6 Å². The predicted octanol–water partition coefficient (Wildman–Crippen LogP) is 3.76. The minimum absolute atomic E-state index is 0.103. The number of carbonyl (C=O) groups excluding carboxylic acids is 2. The number of ether oxygens (including phenoxy) is 2. The first-order chi connectivity index (χ1) is 17.0. The third kappa shape index (κ3) is 5.55. The van der Waals surface area contributed by atoms with Crippen LogP contribution in [0.15, 0.2) is 54.1 Å². The van der Waals surface area contributed by atoms with E-state index in [2.05, 4.69) is 4.90 Å². The Labute approximate surface area is 204 Å². The van der Waals surface area contributed by atoms with E-state index in [1.165, 1.54) is 11.0 Å². The van der Waals surface area contributed by atoms with Crippen LogP contribution in [-0.2, 0) is 14.3 Å². The molecule has 0 aliphatic carbocycles. The van der Waals surface area contributed by atoms with Gasteiger partial charge >= 0.3 is 0 Å². The van der Waals surface area contributed by atoms with E-state index < -0.39 is 23.5 Å². The highest BCUT2D eigenvalue weighted by atomic mass is 19.1. The maximum absolute atomic E-state index is 14.9. The lowest BCUT2D eigenvalue weighted by atomic mass is 9.95. The molecule has 2 aliphatic heterocycles. The van der Waals surface area contributed by atoms with Gasteiger partial charge in [-0.05, 0) is 43.2 Å². The number of morpholine rings is 1. The molecule has 0 bridgehead atoms. The molecule has 2 aliphatic rings. The molecule has 7 nitrogen and oxygen atoms in total. The second-order valence-corrected chi connectivity index (χ2v) is 8.69. The van der Waals surface area contributed by atoms with Crippen LogP contribution in [-0.4, -0.2) is 72.6 Å². The molecule has 0 saturated carbocycles. The molecule has 1 N–H and O–H groups in total. The Balaban J connectivity index is 1.64. The maximum Gasteiger partial charge on any atom is 0.295 e. The summed E-state index contributed by atoms with van der Waals surface area (Å²) >= 11 is 0. The summed E-state index contributed by atoms with van der Waals surface area (Å²) in [4.78, 5) is 29.8. The molecule has 0 aromatic heterocycles. The van der Waals surface area contributed by atoms with Gasteiger partial charge in [0.1, 0.15) is 17.3 Å². The third-order valence-corrected chi connectivity index (χ3v) is 6.32. The summed E-state index contributed by atoms with van der Waals surface area (Å²) in [5.41, 5.74) is 0.442. The van der Waals surface area contributed by atoms with E-state index in [0.29, 0.717) is 37.6 Å². The van der Waals surface area contributed by atoms with Crippen LogP contribution in [0.2, 0.25) is 0 Å². The summed E-state index contributed by atoms with van der Waals surface area (Å²) in [5.74, 6) is -1.77. The molecule has 35 heavy (non-hydrogen) atoms. The van der Waals surface area contributed by atoms with Crippen LogP contribution in [0.3, 0.4) is 0 Å². The molecule has 0 unspecified atom stereocenters.